The number of aromatic nitrogens is 2. The highest BCUT2D eigenvalue weighted by Gasteiger charge is 2.14. The van der Waals surface area contributed by atoms with Crippen molar-refractivity contribution in [3.05, 3.63) is 71.9 Å². The van der Waals surface area contributed by atoms with E-state index in [-0.39, 0.29) is 12.6 Å². The van der Waals surface area contributed by atoms with Crippen molar-refractivity contribution in [1.29, 1.82) is 0 Å². The molecule has 0 unspecified atom stereocenters. The monoisotopic (exact) mass is 353 g/mol. The van der Waals surface area contributed by atoms with Crippen molar-refractivity contribution >= 4 is 11.9 Å². The molecule has 1 N–H and O–H groups in total. The Hall–Kier alpha value is -3.35. The predicted octanol–water partition coefficient (Wildman–Crippen LogP) is 2.81. The molecule has 1 aromatic carbocycles. The Balaban J connectivity index is 1.53. The normalized spacial score (nSPS) is 11.8. The lowest BCUT2D eigenvalue weighted by molar-refractivity contribution is -0.125. The number of nitrogens with zero attached hydrogens (tertiary/aromatic N) is 2. The van der Waals surface area contributed by atoms with Crippen LogP contribution in [0.25, 0.3) is 5.69 Å². The van der Waals surface area contributed by atoms with Gasteiger partial charge in [0.2, 0.25) is 0 Å². The van der Waals surface area contributed by atoms with Crippen molar-refractivity contribution in [1.82, 2.24) is 15.1 Å². The summed E-state index contributed by atoms with van der Waals surface area (Å²) < 4.78 is 12.0. The molecule has 3 rings (SSSR count). The van der Waals surface area contributed by atoms with Crippen LogP contribution in [-0.4, -0.2) is 28.3 Å². The average molecular weight is 353 g/mol. The molecule has 7 nitrogen and oxygen atoms in total. The summed E-state index contributed by atoms with van der Waals surface area (Å²) in [5.74, 6) is -0.324. The molecule has 2 heterocycles. The van der Waals surface area contributed by atoms with Crippen molar-refractivity contribution in [2.45, 2.75) is 19.9 Å². The minimum absolute atomic E-state index is 0.298. The molecule has 134 valence electrons. The Morgan fingerprint density at radius 3 is 2.62 bits per heavy atom. The van der Waals surface area contributed by atoms with Gasteiger partial charge in [-0.3, -0.25) is 4.79 Å². The molecule has 0 saturated heterocycles. The number of carbonyl (C=O) groups excluding carboxylic acids is 2. The van der Waals surface area contributed by atoms with Crippen LogP contribution in [0.2, 0.25) is 0 Å². The van der Waals surface area contributed by atoms with Gasteiger partial charge in [0.15, 0.2) is 6.61 Å². The van der Waals surface area contributed by atoms with Crippen LogP contribution in [0.3, 0.4) is 0 Å². The molecule has 2 aromatic heterocycles. The molecule has 0 aliphatic heterocycles. The minimum atomic E-state index is -0.561. The molecule has 26 heavy (non-hydrogen) atoms. The molecule has 0 aliphatic rings. The molecular weight excluding hydrogens is 334 g/mol. The van der Waals surface area contributed by atoms with Crippen LogP contribution in [0, 0.1) is 6.92 Å². The molecule has 3 aromatic rings. The van der Waals surface area contributed by atoms with Crippen LogP contribution in [0.1, 0.15) is 34.8 Å². The van der Waals surface area contributed by atoms with Crippen molar-refractivity contribution < 1.29 is 18.7 Å². The van der Waals surface area contributed by atoms with Gasteiger partial charge < -0.3 is 14.5 Å². The van der Waals surface area contributed by atoms with Gasteiger partial charge in [-0.25, -0.2) is 9.48 Å². The van der Waals surface area contributed by atoms with Gasteiger partial charge in [0.05, 0.1) is 23.6 Å². The molecule has 1 amide bonds. The van der Waals surface area contributed by atoms with Gasteiger partial charge >= 0.3 is 5.97 Å². The van der Waals surface area contributed by atoms with Crippen molar-refractivity contribution in [3.63, 3.8) is 0 Å². The first-order valence-electron chi connectivity index (χ1n) is 8.15. The number of aryl methyl sites for hydroxylation is 1. The largest absolute Gasteiger partial charge is 0.467 e. The van der Waals surface area contributed by atoms with E-state index in [2.05, 4.69) is 10.4 Å². The second-order valence-corrected chi connectivity index (χ2v) is 5.81. The average Bonchev–Trinajstić information content (AvgIpc) is 3.31. The molecule has 0 radical (unpaired) electrons. The van der Waals surface area contributed by atoms with Gasteiger partial charge in [-0.05, 0) is 56.3 Å². The molecule has 7 heteroatoms. The van der Waals surface area contributed by atoms with E-state index in [1.807, 2.05) is 13.0 Å². The first kappa shape index (κ1) is 17.5. The summed E-state index contributed by atoms with van der Waals surface area (Å²) in [5.41, 5.74) is 2.20. The van der Waals surface area contributed by atoms with Gasteiger partial charge in [-0.1, -0.05) is 0 Å². The van der Waals surface area contributed by atoms with Crippen molar-refractivity contribution in [2.24, 2.45) is 0 Å². The SMILES string of the molecule is Cc1ccnn1-c1ccc(C(=O)OCC(=O)N[C@H](C)c2ccco2)cc1. The van der Waals surface area contributed by atoms with E-state index in [4.69, 9.17) is 9.15 Å². The summed E-state index contributed by atoms with van der Waals surface area (Å²) in [6.07, 6.45) is 3.24. The Labute approximate surface area is 150 Å². The first-order chi connectivity index (χ1) is 12.5. The lowest BCUT2D eigenvalue weighted by Gasteiger charge is -2.11. The van der Waals surface area contributed by atoms with Gasteiger partial charge in [0, 0.05) is 11.9 Å². The summed E-state index contributed by atoms with van der Waals surface area (Å²) in [4.78, 5) is 24.0. The zero-order valence-corrected chi connectivity index (χ0v) is 14.5. The molecule has 0 fully saturated rings. The number of furan rings is 1. The standard InChI is InChI=1S/C19H19N3O4/c1-13-9-10-20-22(13)16-7-5-15(6-8-16)19(24)26-12-18(23)21-14(2)17-4-3-11-25-17/h3-11,14H,12H2,1-2H3,(H,21,23)/t14-/m1/s1. The lowest BCUT2D eigenvalue weighted by Crippen LogP contribution is -2.30. The summed E-state index contributed by atoms with van der Waals surface area (Å²) in [6, 6.07) is 11.9. The summed E-state index contributed by atoms with van der Waals surface area (Å²) in [7, 11) is 0. The highest BCUT2D eigenvalue weighted by molar-refractivity contribution is 5.91. The molecule has 1 atom stereocenters. The second-order valence-electron chi connectivity index (χ2n) is 5.81. The maximum atomic E-state index is 12.1. The molecule has 0 bridgehead atoms. The van der Waals surface area contributed by atoms with E-state index < -0.39 is 11.9 Å². The van der Waals surface area contributed by atoms with Gasteiger partial charge in [0.25, 0.3) is 5.91 Å². The zero-order chi connectivity index (χ0) is 18.5. The maximum Gasteiger partial charge on any atom is 0.338 e. The van der Waals surface area contributed by atoms with E-state index in [9.17, 15) is 9.59 Å². The summed E-state index contributed by atoms with van der Waals surface area (Å²) in [6.45, 7) is 3.37. The highest BCUT2D eigenvalue weighted by Crippen LogP contribution is 2.13. The summed E-state index contributed by atoms with van der Waals surface area (Å²) in [5, 5.41) is 6.91. The quantitative estimate of drug-likeness (QED) is 0.689. The van der Waals surface area contributed by atoms with E-state index in [1.165, 1.54) is 6.26 Å². The smallest absolute Gasteiger partial charge is 0.338 e. The Morgan fingerprint density at radius 1 is 1.23 bits per heavy atom. The van der Waals surface area contributed by atoms with E-state index in [0.717, 1.165) is 11.4 Å². The van der Waals surface area contributed by atoms with Gasteiger partial charge in [-0.15, -0.1) is 0 Å². The van der Waals surface area contributed by atoms with Crippen LogP contribution in [0.4, 0.5) is 0 Å². The molecule has 0 aliphatic carbocycles. The number of carbonyl (C=O) groups is 2. The zero-order valence-electron chi connectivity index (χ0n) is 14.5. The third-order valence-electron chi connectivity index (χ3n) is 3.86. The Bertz CT molecular complexity index is 882. The number of hydrogen-bond donors (Lipinski definition) is 1. The third kappa shape index (κ3) is 4.00. The number of hydrogen-bond acceptors (Lipinski definition) is 5. The fourth-order valence-corrected chi connectivity index (χ4v) is 2.48. The van der Waals surface area contributed by atoms with Crippen LogP contribution < -0.4 is 5.32 Å². The summed E-state index contributed by atoms with van der Waals surface area (Å²) >= 11 is 0. The Morgan fingerprint density at radius 2 is 2.00 bits per heavy atom. The number of rotatable bonds is 6. The van der Waals surface area contributed by atoms with Crippen molar-refractivity contribution in [3.8, 4) is 5.69 Å². The van der Waals surface area contributed by atoms with Crippen LogP contribution in [0.5, 0.6) is 0 Å². The van der Waals surface area contributed by atoms with Crippen molar-refractivity contribution in [2.75, 3.05) is 6.61 Å². The predicted molar refractivity (Wildman–Crippen MR) is 93.8 cm³/mol. The highest BCUT2D eigenvalue weighted by atomic mass is 16.5. The third-order valence-corrected chi connectivity index (χ3v) is 3.86. The van der Waals surface area contributed by atoms with Crippen LogP contribution >= 0.6 is 0 Å². The van der Waals surface area contributed by atoms with E-state index in [1.54, 1.807) is 54.2 Å². The fraction of sp³-hybridized carbons (Fsp3) is 0.211. The first-order valence-corrected chi connectivity index (χ1v) is 8.15. The van der Waals surface area contributed by atoms with Gasteiger partial charge in [-0.2, -0.15) is 5.10 Å². The fourth-order valence-electron chi connectivity index (χ4n) is 2.48. The second kappa shape index (κ2) is 7.69. The van der Waals surface area contributed by atoms with Crippen LogP contribution in [-0.2, 0) is 9.53 Å². The maximum absolute atomic E-state index is 12.1. The van der Waals surface area contributed by atoms with E-state index >= 15 is 0 Å². The number of nitrogens with one attached hydrogen (secondary N) is 1. The number of esters is 1. The molecule has 0 spiro atoms. The number of ether oxygens (including phenoxy) is 1. The van der Waals surface area contributed by atoms with Gasteiger partial charge in [0.1, 0.15) is 5.76 Å². The number of amides is 1. The lowest BCUT2D eigenvalue weighted by atomic mass is 10.2. The van der Waals surface area contributed by atoms with E-state index in [0.29, 0.717) is 11.3 Å². The topological polar surface area (TPSA) is 86.4 Å². The molecule has 0 saturated carbocycles. The van der Waals surface area contributed by atoms with Crippen LogP contribution in [0.15, 0.2) is 59.3 Å². The number of benzene rings is 1. The Kier molecular flexibility index (Phi) is 5.17. The minimum Gasteiger partial charge on any atom is -0.467 e. The molecular formula is C19H19N3O4.